The number of thiophene rings is 1. The van der Waals surface area contributed by atoms with Gasteiger partial charge in [-0.25, -0.2) is 19.6 Å². The summed E-state index contributed by atoms with van der Waals surface area (Å²) in [6.07, 6.45) is 2.94. The molecule has 3 aromatic carbocycles. The highest BCUT2D eigenvalue weighted by molar-refractivity contribution is 7.19. The molecular weight excluding hydrogens is 520 g/mol. The summed E-state index contributed by atoms with van der Waals surface area (Å²) in [4.78, 5) is 35.8. The molecule has 5 aromatic rings. The molecule has 0 aliphatic heterocycles. The third-order valence-corrected chi connectivity index (χ3v) is 6.91. The van der Waals surface area contributed by atoms with Gasteiger partial charge in [0.25, 0.3) is 0 Å². The first-order valence-electron chi connectivity index (χ1n) is 11.4. The predicted molar refractivity (Wildman–Crippen MR) is 155 cm³/mol. The number of anilines is 3. The topological polar surface area (TPSA) is 122 Å². The van der Waals surface area contributed by atoms with E-state index in [2.05, 4.69) is 25.6 Å². The monoisotopic (exact) mass is 542 g/mol. The van der Waals surface area contributed by atoms with Crippen LogP contribution in [0.25, 0.3) is 21.3 Å². The molecule has 0 unspecified atom stereocenters. The highest BCUT2D eigenvalue weighted by Crippen LogP contribution is 2.39. The second kappa shape index (κ2) is 12.1. The number of isocyanates is 1. The SMILES string of the molecule is Cc1ccc(NC(=O)Nc2ccc(-c3c(C)sc4ncnc(N)c34)cc2)cc1Cl.O=C=Nc1ccccc1. The molecule has 0 aliphatic rings. The molecule has 2 aromatic heterocycles. The first-order chi connectivity index (χ1) is 18.4. The van der Waals surface area contributed by atoms with E-state index >= 15 is 0 Å². The molecule has 0 radical (unpaired) electrons. The third-order valence-electron chi connectivity index (χ3n) is 5.49. The number of urea groups is 1. The van der Waals surface area contributed by atoms with Gasteiger partial charge in [-0.05, 0) is 61.4 Å². The molecule has 38 heavy (non-hydrogen) atoms. The Kier molecular flexibility index (Phi) is 8.45. The zero-order valence-electron chi connectivity index (χ0n) is 20.5. The lowest BCUT2D eigenvalue weighted by Gasteiger charge is -2.10. The van der Waals surface area contributed by atoms with Crippen molar-refractivity contribution in [2.45, 2.75) is 13.8 Å². The number of nitrogens with zero attached hydrogens (tertiary/aromatic N) is 3. The van der Waals surface area contributed by atoms with Crippen LogP contribution in [0.4, 0.5) is 27.7 Å². The van der Waals surface area contributed by atoms with Gasteiger partial charge in [0.2, 0.25) is 6.08 Å². The van der Waals surface area contributed by atoms with Crippen molar-refractivity contribution in [3.8, 4) is 11.1 Å². The average Bonchev–Trinajstić information content (AvgIpc) is 3.25. The van der Waals surface area contributed by atoms with Gasteiger partial charge in [-0.1, -0.05) is 48.0 Å². The van der Waals surface area contributed by atoms with Crippen molar-refractivity contribution < 1.29 is 9.59 Å². The van der Waals surface area contributed by atoms with Crippen LogP contribution in [0.3, 0.4) is 0 Å². The fourth-order valence-corrected chi connectivity index (χ4v) is 4.85. The highest BCUT2D eigenvalue weighted by atomic mass is 35.5. The predicted octanol–water partition coefficient (Wildman–Crippen LogP) is 7.51. The van der Waals surface area contributed by atoms with Gasteiger partial charge < -0.3 is 16.4 Å². The number of hydrogen-bond acceptors (Lipinski definition) is 7. The summed E-state index contributed by atoms with van der Waals surface area (Å²) in [5, 5.41) is 7.07. The summed E-state index contributed by atoms with van der Waals surface area (Å²) in [5.74, 6) is 0.465. The maximum atomic E-state index is 12.3. The Morgan fingerprint density at radius 1 is 0.974 bits per heavy atom. The highest BCUT2D eigenvalue weighted by Gasteiger charge is 2.15. The molecule has 5 rings (SSSR count). The van der Waals surface area contributed by atoms with Crippen molar-refractivity contribution in [1.82, 2.24) is 9.97 Å². The van der Waals surface area contributed by atoms with E-state index in [-0.39, 0.29) is 6.03 Å². The van der Waals surface area contributed by atoms with Crippen LogP contribution in [0.2, 0.25) is 5.02 Å². The van der Waals surface area contributed by atoms with Crippen LogP contribution in [0.15, 0.2) is 84.1 Å². The zero-order chi connectivity index (χ0) is 27.1. The number of carbonyl (C=O) groups is 1. The van der Waals surface area contributed by atoms with Crippen molar-refractivity contribution in [3.05, 3.63) is 94.6 Å². The van der Waals surface area contributed by atoms with E-state index in [4.69, 9.17) is 17.3 Å². The standard InChI is InChI=1S/C21H18ClN5OS.C7H5NO/c1-11-3-6-15(9-16(11)22)27-21(28)26-14-7-4-13(5-8-14)17-12(2)29-20-18(17)19(23)24-10-25-20;9-6-8-7-4-2-1-3-5-7/h3-10H,1-2H3,(H2,23,24,25)(H2,26,27,28);1-5H. The van der Waals surface area contributed by atoms with Gasteiger partial charge in [-0.3, -0.25) is 0 Å². The number of rotatable bonds is 4. The minimum absolute atomic E-state index is 0.340. The number of nitrogen functional groups attached to an aromatic ring is 1. The molecule has 0 saturated carbocycles. The molecule has 4 N–H and O–H groups in total. The fourth-order valence-electron chi connectivity index (χ4n) is 3.65. The fraction of sp³-hybridized carbons (Fsp3) is 0.0714. The molecule has 0 saturated heterocycles. The van der Waals surface area contributed by atoms with Crippen molar-refractivity contribution >= 4 is 68.1 Å². The molecule has 8 nitrogen and oxygen atoms in total. The number of nitrogens with two attached hydrogens (primary N) is 1. The van der Waals surface area contributed by atoms with Gasteiger partial charge >= 0.3 is 6.03 Å². The van der Waals surface area contributed by atoms with Crippen LogP contribution in [-0.2, 0) is 4.79 Å². The maximum Gasteiger partial charge on any atom is 0.323 e. The molecule has 2 heterocycles. The lowest BCUT2D eigenvalue weighted by atomic mass is 10.0. The minimum Gasteiger partial charge on any atom is -0.383 e. The second-order valence-corrected chi connectivity index (χ2v) is 9.74. The lowest BCUT2D eigenvalue weighted by molar-refractivity contribution is 0.262. The number of halogens is 1. The second-order valence-electron chi connectivity index (χ2n) is 8.13. The van der Waals surface area contributed by atoms with Gasteiger partial charge in [0.1, 0.15) is 17.0 Å². The van der Waals surface area contributed by atoms with Gasteiger partial charge in [0, 0.05) is 26.8 Å². The molecule has 0 bridgehead atoms. The van der Waals surface area contributed by atoms with Crippen molar-refractivity contribution in [1.29, 1.82) is 0 Å². The van der Waals surface area contributed by atoms with Gasteiger partial charge in [0.05, 0.1) is 11.1 Å². The summed E-state index contributed by atoms with van der Waals surface area (Å²) >= 11 is 7.68. The van der Waals surface area contributed by atoms with E-state index in [1.54, 1.807) is 35.6 Å². The summed E-state index contributed by atoms with van der Waals surface area (Å²) in [7, 11) is 0. The maximum absolute atomic E-state index is 12.3. The quantitative estimate of drug-likeness (QED) is 0.160. The number of para-hydroxylation sites is 1. The Bertz CT molecular complexity index is 1630. The molecule has 0 fully saturated rings. The van der Waals surface area contributed by atoms with Crippen LogP contribution >= 0.6 is 22.9 Å². The lowest BCUT2D eigenvalue weighted by Crippen LogP contribution is -2.19. The molecular formula is C28H23ClN6O2S. The van der Waals surface area contributed by atoms with E-state index in [1.165, 1.54) is 12.4 Å². The number of amides is 2. The van der Waals surface area contributed by atoms with Crippen LogP contribution in [0.5, 0.6) is 0 Å². The molecule has 0 spiro atoms. The Balaban J connectivity index is 0.000000317. The summed E-state index contributed by atoms with van der Waals surface area (Å²) in [5.41, 5.74) is 11.0. The van der Waals surface area contributed by atoms with Crippen molar-refractivity contribution in [2.75, 3.05) is 16.4 Å². The molecule has 0 atom stereocenters. The third kappa shape index (κ3) is 6.41. The Morgan fingerprint density at radius 2 is 1.66 bits per heavy atom. The minimum atomic E-state index is -0.340. The number of aliphatic imine (C=N–C) groups is 1. The Labute approximate surface area is 228 Å². The number of fused-ring (bicyclic) bond motifs is 1. The van der Waals surface area contributed by atoms with Gasteiger partial charge in [-0.15, -0.1) is 11.3 Å². The van der Waals surface area contributed by atoms with Crippen LogP contribution in [0.1, 0.15) is 10.4 Å². The zero-order valence-corrected chi connectivity index (χ0v) is 22.1. The van der Waals surface area contributed by atoms with Crippen molar-refractivity contribution in [3.63, 3.8) is 0 Å². The van der Waals surface area contributed by atoms with Gasteiger partial charge in [0.15, 0.2) is 0 Å². The number of hydrogen-bond donors (Lipinski definition) is 3. The number of carbonyl (C=O) groups excluding carboxylic acids is 2. The first kappa shape index (κ1) is 26.5. The van der Waals surface area contributed by atoms with Crippen LogP contribution in [0, 0.1) is 13.8 Å². The summed E-state index contributed by atoms with van der Waals surface area (Å²) in [6, 6.07) is 21.6. The number of aryl methyl sites for hydroxylation is 2. The smallest absolute Gasteiger partial charge is 0.323 e. The number of benzene rings is 3. The van der Waals surface area contributed by atoms with Crippen LogP contribution < -0.4 is 16.4 Å². The van der Waals surface area contributed by atoms with E-state index in [1.807, 2.05) is 62.4 Å². The van der Waals surface area contributed by atoms with E-state index in [0.29, 0.717) is 27.9 Å². The van der Waals surface area contributed by atoms with Gasteiger partial charge in [-0.2, -0.15) is 4.99 Å². The molecule has 10 heteroatoms. The molecule has 190 valence electrons. The van der Waals surface area contributed by atoms with Crippen LogP contribution in [-0.4, -0.2) is 22.1 Å². The van der Waals surface area contributed by atoms with E-state index in [0.717, 1.165) is 31.8 Å². The average molecular weight is 543 g/mol. The number of aromatic nitrogens is 2. The Morgan fingerprint density at radius 3 is 2.34 bits per heavy atom. The largest absolute Gasteiger partial charge is 0.383 e. The van der Waals surface area contributed by atoms with E-state index < -0.39 is 0 Å². The van der Waals surface area contributed by atoms with Crippen molar-refractivity contribution in [2.24, 2.45) is 4.99 Å². The first-order valence-corrected chi connectivity index (χ1v) is 12.6. The number of nitrogens with one attached hydrogen (secondary N) is 2. The van der Waals surface area contributed by atoms with E-state index in [9.17, 15) is 9.59 Å². The molecule has 0 aliphatic carbocycles. The Hall–Kier alpha value is -4.56. The molecule has 2 amide bonds. The summed E-state index contributed by atoms with van der Waals surface area (Å²) in [6.45, 7) is 3.94. The normalized spacial score (nSPS) is 10.2. The summed E-state index contributed by atoms with van der Waals surface area (Å²) < 4.78 is 0.